The van der Waals surface area contributed by atoms with Crippen LogP contribution in [0.5, 0.6) is 5.75 Å². The monoisotopic (exact) mass is 277 g/mol. The van der Waals surface area contributed by atoms with Crippen LogP contribution >= 0.6 is 11.3 Å². The van der Waals surface area contributed by atoms with Crippen LogP contribution in [0.3, 0.4) is 0 Å². The van der Waals surface area contributed by atoms with E-state index in [1.807, 2.05) is 6.92 Å². The Bertz CT molecular complexity index is 595. The molecule has 0 aliphatic rings. The molecule has 0 saturated carbocycles. The molecule has 19 heavy (non-hydrogen) atoms. The molecule has 0 bridgehead atoms. The highest BCUT2D eigenvalue weighted by Crippen LogP contribution is 2.24. The third-order valence-electron chi connectivity index (χ3n) is 2.79. The summed E-state index contributed by atoms with van der Waals surface area (Å²) in [6.45, 7) is 2.36. The third kappa shape index (κ3) is 2.85. The highest BCUT2D eigenvalue weighted by molar-refractivity contribution is 7.09. The fourth-order valence-corrected chi connectivity index (χ4v) is 2.39. The van der Waals surface area contributed by atoms with Crippen molar-refractivity contribution in [3.8, 4) is 5.75 Å². The molecule has 2 rings (SSSR count). The van der Waals surface area contributed by atoms with E-state index < -0.39 is 0 Å². The van der Waals surface area contributed by atoms with Gasteiger partial charge >= 0.3 is 0 Å². The number of benzene rings is 1. The number of amides is 1. The largest absolute Gasteiger partial charge is 0.495 e. The van der Waals surface area contributed by atoms with Gasteiger partial charge in [0.2, 0.25) is 0 Å². The van der Waals surface area contributed by atoms with Gasteiger partial charge in [0.25, 0.3) is 5.91 Å². The maximum atomic E-state index is 12.1. The highest BCUT2D eigenvalue weighted by atomic mass is 32.1. The van der Waals surface area contributed by atoms with Crippen LogP contribution in [-0.4, -0.2) is 18.0 Å². The van der Waals surface area contributed by atoms with Crippen LogP contribution in [-0.2, 0) is 6.54 Å². The summed E-state index contributed by atoms with van der Waals surface area (Å²) in [5.41, 5.74) is 9.34. The van der Waals surface area contributed by atoms with Crippen molar-refractivity contribution in [3.63, 3.8) is 0 Å². The first-order chi connectivity index (χ1) is 9.13. The number of ether oxygens (including phenoxy) is 1. The molecule has 0 fully saturated rings. The number of rotatable bonds is 4. The fourth-order valence-electron chi connectivity index (χ4n) is 1.67. The average molecular weight is 277 g/mol. The van der Waals surface area contributed by atoms with E-state index in [0.29, 0.717) is 23.5 Å². The van der Waals surface area contributed by atoms with E-state index in [1.54, 1.807) is 23.7 Å². The Morgan fingerprint density at radius 1 is 1.53 bits per heavy atom. The number of nitrogens with zero attached hydrogens (tertiary/aromatic N) is 1. The number of hydrogen-bond acceptors (Lipinski definition) is 5. The van der Waals surface area contributed by atoms with Crippen molar-refractivity contribution in [2.45, 2.75) is 13.5 Å². The van der Waals surface area contributed by atoms with Crippen LogP contribution in [0.4, 0.5) is 5.69 Å². The van der Waals surface area contributed by atoms with Crippen molar-refractivity contribution in [1.29, 1.82) is 0 Å². The number of aromatic nitrogens is 1. The molecule has 3 N–H and O–H groups in total. The van der Waals surface area contributed by atoms with Crippen molar-refractivity contribution >= 4 is 22.9 Å². The number of nitrogen functional groups attached to an aromatic ring is 1. The molecule has 0 radical (unpaired) electrons. The van der Waals surface area contributed by atoms with Gasteiger partial charge in [0.15, 0.2) is 0 Å². The molecule has 1 aromatic carbocycles. The highest BCUT2D eigenvalue weighted by Gasteiger charge is 2.13. The molecule has 0 saturated heterocycles. The predicted octanol–water partition coefficient (Wildman–Crippen LogP) is 1.97. The minimum absolute atomic E-state index is 0.218. The molecular weight excluding hydrogens is 262 g/mol. The summed E-state index contributed by atoms with van der Waals surface area (Å²) in [6, 6.07) is 5.13. The molecule has 0 unspecified atom stereocenters. The Labute approximate surface area is 115 Å². The van der Waals surface area contributed by atoms with Gasteiger partial charge in [-0.15, -0.1) is 11.3 Å². The minimum atomic E-state index is -0.218. The predicted molar refractivity (Wildman–Crippen MR) is 75.4 cm³/mol. The van der Waals surface area contributed by atoms with E-state index in [-0.39, 0.29) is 5.91 Å². The minimum Gasteiger partial charge on any atom is -0.495 e. The second-order valence-electron chi connectivity index (χ2n) is 3.97. The van der Waals surface area contributed by atoms with E-state index in [0.717, 1.165) is 10.6 Å². The van der Waals surface area contributed by atoms with Crippen LogP contribution in [0.15, 0.2) is 23.7 Å². The molecular formula is C13H15N3O2S. The maximum Gasteiger partial charge on any atom is 0.253 e. The molecule has 0 aliphatic carbocycles. The van der Waals surface area contributed by atoms with Gasteiger partial charge in [-0.1, -0.05) is 6.07 Å². The Hall–Kier alpha value is -2.08. The normalized spacial score (nSPS) is 10.2. The summed E-state index contributed by atoms with van der Waals surface area (Å²) in [6.07, 6.45) is 0. The number of nitrogens with two attached hydrogens (primary N) is 1. The zero-order chi connectivity index (χ0) is 13.8. The maximum absolute atomic E-state index is 12.1. The van der Waals surface area contributed by atoms with Crippen LogP contribution in [0.1, 0.15) is 20.9 Å². The van der Waals surface area contributed by atoms with Crippen molar-refractivity contribution in [1.82, 2.24) is 10.3 Å². The van der Waals surface area contributed by atoms with Gasteiger partial charge in [-0.25, -0.2) is 4.98 Å². The fraction of sp³-hybridized carbons (Fsp3) is 0.231. The quantitative estimate of drug-likeness (QED) is 0.838. The van der Waals surface area contributed by atoms with E-state index in [9.17, 15) is 4.79 Å². The lowest BCUT2D eigenvalue weighted by Crippen LogP contribution is -2.23. The molecule has 0 atom stereocenters. The van der Waals surface area contributed by atoms with E-state index in [2.05, 4.69) is 10.3 Å². The zero-order valence-corrected chi connectivity index (χ0v) is 11.6. The standard InChI is InChI=1S/C13H15N3O2S/c1-8-11(19-7-16-8)6-15-13(17)9-4-3-5-10(18-2)12(9)14/h3-5,7H,6,14H2,1-2H3,(H,15,17). The number of carbonyl (C=O) groups excluding carboxylic acids is 1. The first kappa shape index (κ1) is 13.4. The molecule has 0 spiro atoms. The molecule has 0 aliphatic heterocycles. The number of thiazole rings is 1. The molecule has 1 amide bonds. The third-order valence-corrected chi connectivity index (χ3v) is 3.72. The molecule has 100 valence electrons. The van der Waals surface area contributed by atoms with E-state index in [1.165, 1.54) is 18.4 Å². The summed E-state index contributed by atoms with van der Waals surface area (Å²) in [7, 11) is 1.52. The lowest BCUT2D eigenvalue weighted by atomic mass is 10.1. The second kappa shape index (κ2) is 5.71. The van der Waals surface area contributed by atoms with Crippen LogP contribution in [0.25, 0.3) is 0 Å². The topological polar surface area (TPSA) is 77.2 Å². The van der Waals surface area contributed by atoms with Crippen LogP contribution in [0, 0.1) is 6.92 Å². The number of anilines is 1. The van der Waals surface area contributed by atoms with Gasteiger partial charge in [0, 0.05) is 4.88 Å². The summed E-state index contributed by atoms with van der Waals surface area (Å²) in [5.74, 6) is 0.283. The lowest BCUT2D eigenvalue weighted by molar-refractivity contribution is 0.0952. The van der Waals surface area contributed by atoms with E-state index in [4.69, 9.17) is 10.5 Å². The van der Waals surface area contributed by atoms with Gasteiger partial charge < -0.3 is 15.8 Å². The van der Waals surface area contributed by atoms with Crippen molar-refractivity contribution < 1.29 is 9.53 Å². The number of nitrogens with one attached hydrogen (secondary N) is 1. The molecule has 1 heterocycles. The van der Waals surface area contributed by atoms with Crippen LogP contribution in [0.2, 0.25) is 0 Å². The molecule has 1 aromatic heterocycles. The van der Waals surface area contributed by atoms with Crippen molar-refractivity contribution in [2.24, 2.45) is 0 Å². The second-order valence-corrected chi connectivity index (χ2v) is 4.90. The number of para-hydroxylation sites is 1. The molecule has 6 heteroatoms. The van der Waals surface area contributed by atoms with Crippen molar-refractivity contribution in [3.05, 3.63) is 39.8 Å². The number of hydrogen-bond donors (Lipinski definition) is 2. The van der Waals surface area contributed by atoms with Crippen molar-refractivity contribution in [2.75, 3.05) is 12.8 Å². The Morgan fingerprint density at radius 2 is 2.32 bits per heavy atom. The first-order valence-electron chi connectivity index (χ1n) is 5.73. The summed E-state index contributed by atoms with van der Waals surface area (Å²) < 4.78 is 5.09. The SMILES string of the molecule is COc1cccc(C(=O)NCc2scnc2C)c1N. The Balaban J connectivity index is 2.10. The Kier molecular flexibility index (Phi) is 4.01. The van der Waals surface area contributed by atoms with Gasteiger partial charge in [-0.3, -0.25) is 4.79 Å². The number of aryl methyl sites for hydroxylation is 1. The Morgan fingerprint density at radius 3 is 2.95 bits per heavy atom. The van der Waals surface area contributed by atoms with Gasteiger partial charge in [0.1, 0.15) is 5.75 Å². The average Bonchev–Trinajstić information content (AvgIpc) is 2.82. The molecule has 2 aromatic rings. The number of methoxy groups -OCH3 is 1. The van der Waals surface area contributed by atoms with Crippen LogP contribution < -0.4 is 15.8 Å². The smallest absolute Gasteiger partial charge is 0.253 e. The zero-order valence-electron chi connectivity index (χ0n) is 10.8. The van der Waals surface area contributed by atoms with Gasteiger partial charge in [0.05, 0.1) is 36.1 Å². The van der Waals surface area contributed by atoms with Gasteiger partial charge in [-0.2, -0.15) is 0 Å². The summed E-state index contributed by atoms with van der Waals surface area (Å²) in [4.78, 5) is 17.2. The number of carbonyl (C=O) groups is 1. The lowest BCUT2D eigenvalue weighted by Gasteiger charge is -2.10. The summed E-state index contributed by atoms with van der Waals surface area (Å²) in [5, 5.41) is 2.83. The molecule has 5 nitrogen and oxygen atoms in total. The van der Waals surface area contributed by atoms with E-state index >= 15 is 0 Å². The summed E-state index contributed by atoms with van der Waals surface area (Å²) >= 11 is 1.52. The van der Waals surface area contributed by atoms with Gasteiger partial charge in [-0.05, 0) is 19.1 Å². The first-order valence-corrected chi connectivity index (χ1v) is 6.61.